The Balaban J connectivity index is 2.36. The average Bonchev–Trinajstić information content (AvgIpc) is 2.34. The summed E-state index contributed by atoms with van der Waals surface area (Å²) in [4.78, 5) is 0. The van der Waals surface area contributed by atoms with Crippen LogP contribution >= 0.6 is 0 Å². The molecule has 0 radical (unpaired) electrons. The summed E-state index contributed by atoms with van der Waals surface area (Å²) in [6, 6.07) is 0. The molecule has 2 heteroatoms. The molecular weight excluding hydrogens is 140 g/mol. The summed E-state index contributed by atoms with van der Waals surface area (Å²) >= 11 is 0. The fourth-order valence-electron chi connectivity index (χ4n) is 1.51. The molecule has 0 aliphatic carbocycles. The number of hydrogen-bond acceptors (Lipinski definition) is 2. The molecule has 11 heavy (non-hydrogen) atoms. The lowest BCUT2D eigenvalue weighted by molar-refractivity contribution is -0.0468. The SMILES string of the molecule is CC(C)[C@H](O)[C@H]1CC[C@@H](C)O1. The predicted octanol–water partition coefficient (Wildman–Crippen LogP) is 1.57. The first-order valence-corrected chi connectivity index (χ1v) is 4.44. The molecule has 1 N–H and O–H groups in total. The van der Waals surface area contributed by atoms with Crippen LogP contribution in [0.5, 0.6) is 0 Å². The van der Waals surface area contributed by atoms with Crippen LogP contribution in [-0.2, 0) is 4.74 Å². The van der Waals surface area contributed by atoms with Crippen molar-refractivity contribution in [3.63, 3.8) is 0 Å². The normalized spacial score (nSPS) is 34.6. The standard InChI is InChI=1S/C9H18O2/c1-6(2)9(10)8-5-4-7(3)11-8/h6-10H,4-5H2,1-3H3/t7-,8-,9+/m1/s1. The Bertz CT molecular complexity index is 123. The van der Waals surface area contributed by atoms with E-state index in [0.29, 0.717) is 12.0 Å². The van der Waals surface area contributed by atoms with Crippen LogP contribution in [0.15, 0.2) is 0 Å². The second-order valence-corrected chi connectivity index (χ2v) is 3.80. The Morgan fingerprint density at radius 2 is 2.00 bits per heavy atom. The van der Waals surface area contributed by atoms with E-state index in [2.05, 4.69) is 6.92 Å². The van der Waals surface area contributed by atoms with Gasteiger partial charge in [0.05, 0.1) is 18.3 Å². The summed E-state index contributed by atoms with van der Waals surface area (Å²) in [5.41, 5.74) is 0. The second kappa shape index (κ2) is 3.55. The Hall–Kier alpha value is -0.0800. The van der Waals surface area contributed by atoms with Gasteiger partial charge in [-0.25, -0.2) is 0 Å². The maximum atomic E-state index is 9.62. The first kappa shape index (κ1) is 9.01. The summed E-state index contributed by atoms with van der Waals surface area (Å²) in [5, 5.41) is 9.62. The quantitative estimate of drug-likeness (QED) is 0.661. The van der Waals surface area contributed by atoms with E-state index in [1.165, 1.54) is 0 Å². The first-order chi connectivity index (χ1) is 5.11. The van der Waals surface area contributed by atoms with Crippen LogP contribution in [0.2, 0.25) is 0 Å². The molecule has 66 valence electrons. The van der Waals surface area contributed by atoms with Crippen molar-refractivity contribution in [3.05, 3.63) is 0 Å². The molecule has 1 heterocycles. The fourth-order valence-corrected chi connectivity index (χ4v) is 1.51. The van der Waals surface area contributed by atoms with Gasteiger partial charge in [-0.2, -0.15) is 0 Å². The molecule has 3 atom stereocenters. The molecule has 0 amide bonds. The topological polar surface area (TPSA) is 29.5 Å². The van der Waals surface area contributed by atoms with Gasteiger partial charge >= 0.3 is 0 Å². The molecule has 1 rings (SSSR count). The average molecular weight is 158 g/mol. The molecule has 0 aromatic heterocycles. The van der Waals surface area contributed by atoms with Gasteiger partial charge in [-0.3, -0.25) is 0 Å². The smallest absolute Gasteiger partial charge is 0.0841 e. The van der Waals surface area contributed by atoms with Gasteiger partial charge in [-0.05, 0) is 25.7 Å². The summed E-state index contributed by atoms with van der Waals surface area (Å²) in [6.07, 6.45) is 2.26. The van der Waals surface area contributed by atoms with Crippen molar-refractivity contribution < 1.29 is 9.84 Å². The zero-order valence-corrected chi connectivity index (χ0v) is 7.58. The van der Waals surface area contributed by atoms with Crippen molar-refractivity contribution in [1.29, 1.82) is 0 Å². The first-order valence-electron chi connectivity index (χ1n) is 4.44. The van der Waals surface area contributed by atoms with Crippen molar-refractivity contribution in [1.82, 2.24) is 0 Å². The number of hydrogen-bond donors (Lipinski definition) is 1. The van der Waals surface area contributed by atoms with Crippen LogP contribution in [0.1, 0.15) is 33.6 Å². The number of aliphatic hydroxyl groups is 1. The van der Waals surface area contributed by atoms with Gasteiger partial charge in [0, 0.05) is 0 Å². The molecule has 1 fully saturated rings. The third-order valence-electron chi connectivity index (χ3n) is 2.33. The van der Waals surface area contributed by atoms with Crippen LogP contribution in [0, 0.1) is 5.92 Å². The maximum Gasteiger partial charge on any atom is 0.0841 e. The number of aliphatic hydroxyl groups excluding tert-OH is 1. The van der Waals surface area contributed by atoms with E-state index in [0.717, 1.165) is 12.8 Å². The molecule has 0 bridgehead atoms. The molecule has 0 aromatic rings. The Morgan fingerprint density at radius 3 is 2.36 bits per heavy atom. The molecule has 2 nitrogen and oxygen atoms in total. The highest BCUT2D eigenvalue weighted by atomic mass is 16.5. The van der Waals surface area contributed by atoms with Crippen LogP contribution in [0.25, 0.3) is 0 Å². The van der Waals surface area contributed by atoms with Crippen LogP contribution in [-0.4, -0.2) is 23.4 Å². The third-order valence-corrected chi connectivity index (χ3v) is 2.33. The van der Waals surface area contributed by atoms with E-state index >= 15 is 0 Å². The molecule has 1 saturated heterocycles. The summed E-state index contributed by atoms with van der Waals surface area (Å²) in [6.45, 7) is 6.11. The van der Waals surface area contributed by atoms with E-state index in [-0.39, 0.29) is 12.2 Å². The van der Waals surface area contributed by atoms with Gasteiger partial charge in [0.25, 0.3) is 0 Å². The fraction of sp³-hybridized carbons (Fsp3) is 1.00. The van der Waals surface area contributed by atoms with Crippen molar-refractivity contribution in [2.45, 2.75) is 51.9 Å². The lowest BCUT2D eigenvalue weighted by atomic mass is 10.00. The van der Waals surface area contributed by atoms with Crippen molar-refractivity contribution >= 4 is 0 Å². The van der Waals surface area contributed by atoms with Gasteiger partial charge < -0.3 is 9.84 Å². The minimum Gasteiger partial charge on any atom is -0.390 e. The van der Waals surface area contributed by atoms with Crippen molar-refractivity contribution in [3.8, 4) is 0 Å². The third kappa shape index (κ3) is 2.17. The largest absolute Gasteiger partial charge is 0.390 e. The zero-order valence-electron chi connectivity index (χ0n) is 7.58. The second-order valence-electron chi connectivity index (χ2n) is 3.80. The lowest BCUT2D eigenvalue weighted by Gasteiger charge is -2.21. The Kier molecular flexibility index (Phi) is 2.90. The molecule has 0 saturated carbocycles. The number of ether oxygens (including phenoxy) is 1. The van der Waals surface area contributed by atoms with E-state index in [4.69, 9.17) is 4.74 Å². The van der Waals surface area contributed by atoms with Gasteiger partial charge in [0.2, 0.25) is 0 Å². The van der Waals surface area contributed by atoms with Gasteiger partial charge in [0.1, 0.15) is 0 Å². The Labute approximate surface area is 68.6 Å². The summed E-state index contributed by atoms with van der Waals surface area (Å²) in [7, 11) is 0. The van der Waals surface area contributed by atoms with E-state index in [9.17, 15) is 5.11 Å². The van der Waals surface area contributed by atoms with Crippen molar-refractivity contribution in [2.75, 3.05) is 0 Å². The van der Waals surface area contributed by atoms with Crippen LogP contribution in [0.3, 0.4) is 0 Å². The van der Waals surface area contributed by atoms with E-state index in [1.807, 2.05) is 13.8 Å². The Morgan fingerprint density at radius 1 is 1.36 bits per heavy atom. The van der Waals surface area contributed by atoms with Gasteiger partial charge in [0.15, 0.2) is 0 Å². The minimum absolute atomic E-state index is 0.0880. The van der Waals surface area contributed by atoms with Crippen LogP contribution in [0.4, 0.5) is 0 Å². The van der Waals surface area contributed by atoms with E-state index in [1.54, 1.807) is 0 Å². The molecule has 1 aliphatic heterocycles. The highest BCUT2D eigenvalue weighted by molar-refractivity contribution is 4.78. The number of rotatable bonds is 2. The highest BCUT2D eigenvalue weighted by Gasteiger charge is 2.29. The highest BCUT2D eigenvalue weighted by Crippen LogP contribution is 2.24. The molecular formula is C9H18O2. The van der Waals surface area contributed by atoms with Gasteiger partial charge in [-0.1, -0.05) is 13.8 Å². The molecule has 1 aliphatic rings. The van der Waals surface area contributed by atoms with Gasteiger partial charge in [-0.15, -0.1) is 0 Å². The van der Waals surface area contributed by atoms with E-state index < -0.39 is 0 Å². The minimum atomic E-state index is -0.278. The molecule has 0 aromatic carbocycles. The summed E-state index contributed by atoms with van der Waals surface area (Å²) < 4.78 is 5.53. The summed E-state index contributed by atoms with van der Waals surface area (Å²) in [5.74, 6) is 0.310. The maximum absolute atomic E-state index is 9.62. The predicted molar refractivity (Wildman–Crippen MR) is 44.4 cm³/mol. The molecule has 0 spiro atoms. The lowest BCUT2D eigenvalue weighted by Crippen LogP contribution is -2.30. The van der Waals surface area contributed by atoms with Crippen molar-refractivity contribution in [2.24, 2.45) is 5.92 Å². The van der Waals surface area contributed by atoms with Crippen LogP contribution < -0.4 is 0 Å². The monoisotopic (exact) mass is 158 g/mol. The zero-order chi connectivity index (χ0) is 8.43. The molecule has 0 unspecified atom stereocenters.